The highest BCUT2D eigenvalue weighted by molar-refractivity contribution is 5.08. The van der Waals surface area contributed by atoms with Crippen molar-refractivity contribution in [2.24, 2.45) is 0 Å². The normalized spacial score (nSPS) is 9.00. The highest BCUT2D eigenvalue weighted by Gasteiger charge is 2.11. The van der Waals surface area contributed by atoms with E-state index in [-0.39, 0.29) is 12.4 Å². The summed E-state index contributed by atoms with van der Waals surface area (Å²) in [6, 6.07) is 1.75. The molecule has 0 aliphatic carbocycles. The monoisotopic (exact) mass is 153 g/mol. The molecule has 0 bridgehead atoms. The summed E-state index contributed by atoms with van der Waals surface area (Å²) in [5.74, 6) is -0.347. The van der Waals surface area contributed by atoms with Crippen LogP contribution in [0.25, 0.3) is 0 Å². The van der Waals surface area contributed by atoms with Crippen LogP contribution in [0.2, 0.25) is 0 Å². The van der Waals surface area contributed by atoms with Gasteiger partial charge < -0.3 is 10.1 Å². The maximum atomic E-state index is 10.0. The summed E-state index contributed by atoms with van der Waals surface area (Å²) in [6.07, 6.45) is 0.997. The second-order valence-electron chi connectivity index (χ2n) is 1.65. The van der Waals surface area contributed by atoms with E-state index in [0.717, 1.165) is 11.0 Å². The number of nitro groups is 1. The van der Waals surface area contributed by atoms with Gasteiger partial charge in [-0.05, 0) is 4.92 Å². The average molecular weight is 153 g/mol. The lowest BCUT2D eigenvalue weighted by Gasteiger charge is -1.81. The Hall–Kier alpha value is -1.97. The van der Waals surface area contributed by atoms with Gasteiger partial charge in [0.1, 0.15) is 0 Å². The van der Waals surface area contributed by atoms with E-state index in [9.17, 15) is 10.1 Å². The van der Waals surface area contributed by atoms with E-state index in [1.165, 1.54) is 0 Å². The van der Waals surface area contributed by atoms with Crippen molar-refractivity contribution in [2.75, 3.05) is 0 Å². The van der Waals surface area contributed by atoms with Crippen molar-refractivity contribution >= 4 is 5.82 Å². The van der Waals surface area contributed by atoms with Gasteiger partial charge in [-0.1, -0.05) is 4.80 Å². The van der Waals surface area contributed by atoms with E-state index in [1.807, 2.05) is 0 Å². The van der Waals surface area contributed by atoms with Crippen molar-refractivity contribution in [1.82, 2.24) is 15.0 Å². The maximum Gasteiger partial charge on any atom is 0.410 e. The van der Waals surface area contributed by atoms with E-state index in [2.05, 4.69) is 10.2 Å². The Kier molecular flexibility index (Phi) is 1.78. The van der Waals surface area contributed by atoms with Crippen molar-refractivity contribution in [3.8, 4) is 6.07 Å². The third-order valence-corrected chi connectivity index (χ3v) is 0.924. The minimum Gasteiger partial charge on any atom is -0.358 e. The summed E-state index contributed by atoms with van der Waals surface area (Å²) >= 11 is 0. The average Bonchev–Trinajstić information content (AvgIpc) is 2.37. The molecule has 56 valence electrons. The number of rotatable bonds is 2. The zero-order valence-electron chi connectivity index (χ0n) is 5.34. The molecule has 0 unspecified atom stereocenters. The highest BCUT2D eigenvalue weighted by Crippen LogP contribution is 2.00. The van der Waals surface area contributed by atoms with Crippen LogP contribution in [0.1, 0.15) is 0 Å². The van der Waals surface area contributed by atoms with Crippen LogP contribution < -0.4 is 0 Å². The molecule has 0 aliphatic heterocycles. The topological polar surface area (TPSA) is 97.6 Å². The van der Waals surface area contributed by atoms with Crippen LogP contribution in [0.5, 0.6) is 0 Å². The van der Waals surface area contributed by atoms with Gasteiger partial charge in [0.05, 0.1) is 11.2 Å². The molecule has 1 aromatic rings. The quantitative estimate of drug-likeness (QED) is 0.429. The number of nitrogens with zero attached hydrogens (tertiary/aromatic N) is 5. The summed E-state index contributed by atoms with van der Waals surface area (Å²) in [6.45, 7) is -0.0756. The first-order valence-electron chi connectivity index (χ1n) is 2.65. The zero-order valence-corrected chi connectivity index (χ0v) is 5.34. The number of hydrogen-bond acceptors (Lipinski definition) is 5. The zero-order chi connectivity index (χ0) is 8.27. The van der Waals surface area contributed by atoms with Crippen LogP contribution in [0, 0.1) is 21.4 Å². The Morgan fingerprint density at radius 3 is 3.09 bits per heavy atom. The maximum absolute atomic E-state index is 10.0. The van der Waals surface area contributed by atoms with Crippen LogP contribution in [0.15, 0.2) is 6.20 Å². The molecule has 11 heavy (non-hydrogen) atoms. The van der Waals surface area contributed by atoms with Gasteiger partial charge in [-0.3, -0.25) is 0 Å². The van der Waals surface area contributed by atoms with Gasteiger partial charge in [-0.15, -0.1) is 5.10 Å². The van der Waals surface area contributed by atoms with Gasteiger partial charge in [-0.2, -0.15) is 5.26 Å². The minimum atomic E-state index is -0.666. The third kappa shape index (κ3) is 1.48. The van der Waals surface area contributed by atoms with Crippen LogP contribution in [-0.4, -0.2) is 19.9 Å². The molecule has 0 radical (unpaired) electrons. The first-order chi connectivity index (χ1) is 5.24. The highest BCUT2D eigenvalue weighted by atomic mass is 16.6. The van der Waals surface area contributed by atoms with Crippen molar-refractivity contribution in [3.05, 3.63) is 16.3 Å². The smallest absolute Gasteiger partial charge is 0.358 e. The van der Waals surface area contributed by atoms with E-state index in [4.69, 9.17) is 5.26 Å². The molecular weight excluding hydrogens is 150 g/mol. The fourth-order valence-corrected chi connectivity index (χ4v) is 0.511. The molecule has 7 heteroatoms. The van der Waals surface area contributed by atoms with Gasteiger partial charge >= 0.3 is 5.82 Å². The number of aromatic nitrogens is 3. The molecule has 0 N–H and O–H groups in total. The van der Waals surface area contributed by atoms with E-state index in [0.29, 0.717) is 0 Å². The lowest BCUT2D eigenvalue weighted by molar-refractivity contribution is -0.389. The Bertz CT molecular complexity index is 311. The van der Waals surface area contributed by atoms with Crippen molar-refractivity contribution in [1.29, 1.82) is 5.26 Å². The van der Waals surface area contributed by atoms with Gasteiger partial charge in [0, 0.05) is 0 Å². The molecule has 0 fully saturated rings. The van der Waals surface area contributed by atoms with E-state index < -0.39 is 4.92 Å². The van der Waals surface area contributed by atoms with Gasteiger partial charge in [0.2, 0.25) is 0 Å². The van der Waals surface area contributed by atoms with E-state index >= 15 is 0 Å². The summed E-state index contributed by atoms with van der Waals surface area (Å²) in [5.41, 5.74) is 0. The SMILES string of the molecule is N#CCn1ncc([N+](=O)[O-])n1. The number of hydrogen-bond donors (Lipinski definition) is 0. The number of nitriles is 1. The summed E-state index contributed by atoms with van der Waals surface area (Å²) in [4.78, 5) is 10.3. The van der Waals surface area contributed by atoms with Crippen molar-refractivity contribution in [3.63, 3.8) is 0 Å². The largest absolute Gasteiger partial charge is 0.410 e. The predicted octanol–water partition coefficient (Wildman–Crippen LogP) is -0.290. The second-order valence-corrected chi connectivity index (χ2v) is 1.65. The second kappa shape index (κ2) is 2.74. The molecule has 7 nitrogen and oxygen atoms in total. The van der Waals surface area contributed by atoms with Crippen molar-refractivity contribution in [2.45, 2.75) is 6.54 Å². The van der Waals surface area contributed by atoms with Crippen LogP contribution in [-0.2, 0) is 6.54 Å². The molecule has 0 saturated carbocycles. The molecule has 0 aromatic carbocycles. The minimum absolute atomic E-state index is 0.0756. The Labute approximate surface area is 61.0 Å². The molecule has 0 saturated heterocycles. The van der Waals surface area contributed by atoms with Gasteiger partial charge in [-0.25, -0.2) is 0 Å². The van der Waals surface area contributed by atoms with Gasteiger partial charge in [0.25, 0.3) is 0 Å². The molecule has 1 rings (SSSR count). The molecule has 1 heterocycles. The van der Waals surface area contributed by atoms with E-state index in [1.54, 1.807) is 6.07 Å². The first-order valence-corrected chi connectivity index (χ1v) is 2.65. The molecule has 1 aromatic heterocycles. The fourth-order valence-electron chi connectivity index (χ4n) is 0.511. The first kappa shape index (κ1) is 7.14. The van der Waals surface area contributed by atoms with Crippen LogP contribution in [0.3, 0.4) is 0 Å². The fraction of sp³-hybridized carbons (Fsp3) is 0.250. The van der Waals surface area contributed by atoms with Crippen LogP contribution in [0.4, 0.5) is 5.82 Å². The predicted molar refractivity (Wildman–Crippen MR) is 32.3 cm³/mol. The lowest BCUT2D eigenvalue weighted by Crippen LogP contribution is -2.00. The molecule has 0 spiro atoms. The standard InChI is InChI=1S/C4H3N5O2/c5-1-2-8-6-3-4(7-8)9(10)11/h3H,2H2. The van der Waals surface area contributed by atoms with Crippen LogP contribution >= 0.6 is 0 Å². The molecule has 0 aliphatic rings. The van der Waals surface area contributed by atoms with Gasteiger partial charge in [0.15, 0.2) is 12.7 Å². The molecule has 0 amide bonds. The van der Waals surface area contributed by atoms with Crippen molar-refractivity contribution < 1.29 is 4.92 Å². The summed E-state index contributed by atoms with van der Waals surface area (Å²) in [7, 11) is 0. The Morgan fingerprint density at radius 2 is 2.64 bits per heavy atom. The Balaban J connectivity index is 2.83. The summed E-state index contributed by atoms with van der Waals surface area (Å²) < 4.78 is 0. The third-order valence-electron chi connectivity index (χ3n) is 0.924. The lowest BCUT2D eigenvalue weighted by atomic mass is 10.8. The molecular formula is C4H3N5O2. The Morgan fingerprint density at radius 1 is 1.91 bits per heavy atom. The molecule has 0 atom stereocenters. The summed E-state index contributed by atoms with van der Waals surface area (Å²) in [5, 5.41) is 25.0.